The summed E-state index contributed by atoms with van der Waals surface area (Å²) in [7, 11) is -3.45. The maximum absolute atomic E-state index is 12.6. The first-order valence-corrected chi connectivity index (χ1v) is 7.77. The van der Waals surface area contributed by atoms with Gasteiger partial charge in [0.1, 0.15) is 0 Å². The smallest absolute Gasteiger partial charge is 0.243 e. The van der Waals surface area contributed by atoms with Gasteiger partial charge in [-0.05, 0) is 37.1 Å². The summed E-state index contributed by atoms with van der Waals surface area (Å²) in [6, 6.07) is 5.37. The molecule has 0 radical (unpaired) electrons. The Labute approximate surface area is 114 Å². The molecule has 5 nitrogen and oxygen atoms in total. The highest BCUT2D eigenvalue weighted by Crippen LogP contribution is 2.21. The van der Waals surface area contributed by atoms with Crippen LogP contribution in [0.25, 0.3) is 0 Å². The molecule has 6 heteroatoms. The summed E-state index contributed by atoms with van der Waals surface area (Å²) in [5.74, 6) is 0. The van der Waals surface area contributed by atoms with Crippen LogP contribution in [0.15, 0.2) is 23.1 Å². The van der Waals surface area contributed by atoms with Gasteiger partial charge in [-0.2, -0.15) is 4.31 Å². The minimum Gasteiger partial charge on any atom is -0.374 e. The fourth-order valence-electron chi connectivity index (χ4n) is 2.28. The molecule has 1 aliphatic heterocycles. The van der Waals surface area contributed by atoms with Crippen LogP contribution in [0.1, 0.15) is 11.1 Å². The van der Waals surface area contributed by atoms with Crippen molar-refractivity contribution in [2.45, 2.75) is 24.8 Å². The molecule has 1 aromatic carbocycles. The van der Waals surface area contributed by atoms with Crippen LogP contribution in [-0.4, -0.2) is 45.1 Å². The summed E-state index contributed by atoms with van der Waals surface area (Å²) >= 11 is 0. The van der Waals surface area contributed by atoms with Crippen LogP contribution in [0.4, 0.5) is 0 Å². The molecule has 1 unspecified atom stereocenters. The lowest BCUT2D eigenvalue weighted by molar-refractivity contribution is 0.00450. The van der Waals surface area contributed by atoms with Gasteiger partial charge in [0.15, 0.2) is 0 Å². The third-order valence-corrected chi connectivity index (χ3v) is 5.04. The first-order valence-electron chi connectivity index (χ1n) is 6.33. The van der Waals surface area contributed by atoms with Gasteiger partial charge in [-0.25, -0.2) is 8.42 Å². The number of sulfonamides is 1. The second kappa shape index (κ2) is 5.58. The van der Waals surface area contributed by atoms with E-state index in [0.29, 0.717) is 31.1 Å². The number of aryl methyl sites for hydroxylation is 2. The maximum atomic E-state index is 12.6. The first-order chi connectivity index (χ1) is 8.93. The van der Waals surface area contributed by atoms with Gasteiger partial charge in [0.05, 0.1) is 17.6 Å². The monoisotopic (exact) mass is 284 g/mol. The lowest BCUT2D eigenvalue weighted by atomic mass is 10.2. The van der Waals surface area contributed by atoms with Crippen molar-refractivity contribution in [3.63, 3.8) is 0 Å². The van der Waals surface area contributed by atoms with Crippen molar-refractivity contribution >= 4 is 10.0 Å². The van der Waals surface area contributed by atoms with Gasteiger partial charge in [0.2, 0.25) is 10.0 Å². The molecule has 1 aliphatic rings. The highest BCUT2D eigenvalue weighted by molar-refractivity contribution is 7.89. The molecule has 0 aliphatic carbocycles. The predicted octanol–water partition coefficient (Wildman–Crippen LogP) is 0.652. The zero-order chi connectivity index (χ0) is 14.0. The Morgan fingerprint density at radius 2 is 1.95 bits per heavy atom. The van der Waals surface area contributed by atoms with E-state index in [1.165, 1.54) is 4.31 Å². The van der Waals surface area contributed by atoms with Crippen LogP contribution in [0.3, 0.4) is 0 Å². The topological polar surface area (TPSA) is 72.6 Å². The number of ether oxygens (including phenoxy) is 1. The van der Waals surface area contributed by atoms with Crippen LogP contribution in [0, 0.1) is 13.8 Å². The molecule has 0 amide bonds. The minimum absolute atomic E-state index is 0.213. The third-order valence-electron chi connectivity index (χ3n) is 3.20. The molecule has 1 atom stereocenters. The Morgan fingerprint density at radius 3 is 2.53 bits per heavy atom. The average Bonchev–Trinajstić information content (AvgIpc) is 2.37. The predicted molar refractivity (Wildman–Crippen MR) is 73.5 cm³/mol. The van der Waals surface area contributed by atoms with Gasteiger partial charge in [-0.3, -0.25) is 0 Å². The number of nitrogens with two attached hydrogens (primary N) is 1. The van der Waals surface area contributed by atoms with E-state index in [1.807, 2.05) is 19.9 Å². The van der Waals surface area contributed by atoms with Crippen molar-refractivity contribution in [3.8, 4) is 0 Å². The molecule has 106 valence electrons. The summed E-state index contributed by atoms with van der Waals surface area (Å²) < 4.78 is 32.0. The fourth-order valence-corrected chi connectivity index (χ4v) is 3.93. The second-order valence-electron chi connectivity index (χ2n) is 4.91. The lowest BCUT2D eigenvalue weighted by Gasteiger charge is -2.31. The minimum atomic E-state index is -3.45. The Balaban J connectivity index is 2.31. The molecule has 0 spiro atoms. The Hall–Kier alpha value is -0.950. The molecule has 0 aromatic heterocycles. The standard InChI is InChI=1S/C13H20N2O3S/c1-10-5-11(2)7-13(6-10)19(16,17)15-3-4-18-12(8-14)9-15/h5-7,12H,3-4,8-9,14H2,1-2H3. The molecule has 1 saturated heterocycles. The van der Waals surface area contributed by atoms with Crippen molar-refractivity contribution in [2.24, 2.45) is 5.73 Å². The summed E-state index contributed by atoms with van der Waals surface area (Å²) in [6.07, 6.45) is -0.213. The SMILES string of the molecule is Cc1cc(C)cc(S(=O)(=O)N2CCOC(CN)C2)c1. The summed E-state index contributed by atoms with van der Waals surface area (Å²) in [5.41, 5.74) is 7.44. The van der Waals surface area contributed by atoms with E-state index < -0.39 is 10.0 Å². The van der Waals surface area contributed by atoms with Crippen LogP contribution in [-0.2, 0) is 14.8 Å². The van der Waals surface area contributed by atoms with Crippen molar-refractivity contribution in [2.75, 3.05) is 26.2 Å². The zero-order valence-corrected chi connectivity index (χ0v) is 12.1. The summed E-state index contributed by atoms with van der Waals surface area (Å²) in [6.45, 7) is 5.23. The quantitative estimate of drug-likeness (QED) is 0.884. The number of benzene rings is 1. The van der Waals surface area contributed by atoms with E-state index in [-0.39, 0.29) is 6.10 Å². The largest absolute Gasteiger partial charge is 0.374 e. The number of hydrogen-bond acceptors (Lipinski definition) is 4. The van der Waals surface area contributed by atoms with Crippen molar-refractivity contribution < 1.29 is 13.2 Å². The normalized spacial score (nSPS) is 21.5. The molecule has 1 fully saturated rings. The summed E-state index contributed by atoms with van der Waals surface area (Å²) in [4.78, 5) is 0.350. The van der Waals surface area contributed by atoms with E-state index >= 15 is 0 Å². The second-order valence-corrected chi connectivity index (χ2v) is 6.85. The molecular formula is C13H20N2O3S. The van der Waals surface area contributed by atoms with Crippen LogP contribution < -0.4 is 5.73 Å². The molecule has 0 saturated carbocycles. The van der Waals surface area contributed by atoms with Gasteiger partial charge in [0.25, 0.3) is 0 Å². The van der Waals surface area contributed by atoms with Gasteiger partial charge < -0.3 is 10.5 Å². The van der Waals surface area contributed by atoms with Crippen molar-refractivity contribution in [1.29, 1.82) is 0 Å². The highest BCUT2D eigenvalue weighted by atomic mass is 32.2. The first kappa shape index (κ1) is 14.5. The maximum Gasteiger partial charge on any atom is 0.243 e. The fraction of sp³-hybridized carbons (Fsp3) is 0.538. The van der Waals surface area contributed by atoms with E-state index in [1.54, 1.807) is 12.1 Å². The van der Waals surface area contributed by atoms with Crippen molar-refractivity contribution in [1.82, 2.24) is 4.31 Å². The van der Waals surface area contributed by atoms with Gasteiger partial charge >= 0.3 is 0 Å². The molecule has 1 heterocycles. The highest BCUT2D eigenvalue weighted by Gasteiger charge is 2.30. The van der Waals surface area contributed by atoms with Gasteiger partial charge in [-0.1, -0.05) is 6.07 Å². The average molecular weight is 284 g/mol. The van der Waals surface area contributed by atoms with E-state index in [0.717, 1.165) is 11.1 Å². The molecule has 0 bridgehead atoms. The Bertz CT molecular complexity index is 537. The van der Waals surface area contributed by atoms with Gasteiger partial charge in [-0.15, -0.1) is 0 Å². The number of hydrogen-bond donors (Lipinski definition) is 1. The Kier molecular flexibility index (Phi) is 4.25. The molecular weight excluding hydrogens is 264 g/mol. The van der Waals surface area contributed by atoms with E-state index in [9.17, 15) is 8.42 Å². The van der Waals surface area contributed by atoms with Crippen molar-refractivity contribution in [3.05, 3.63) is 29.3 Å². The van der Waals surface area contributed by atoms with Gasteiger partial charge in [0, 0.05) is 19.6 Å². The molecule has 1 aromatic rings. The van der Waals surface area contributed by atoms with Crippen LogP contribution in [0.5, 0.6) is 0 Å². The van der Waals surface area contributed by atoms with Crippen LogP contribution in [0.2, 0.25) is 0 Å². The molecule has 19 heavy (non-hydrogen) atoms. The third kappa shape index (κ3) is 3.14. The van der Waals surface area contributed by atoms with E-state index in [4.69, 9.17) is 10.5 Å². The number of nitrogens with zero attached hydrogens (tertiary/aromatic N) is 1. The number of morpholine rings is 1. The molecule has 2 rings (SSSR count). The molecule has 2 N–H and O–H groups in total. The Morgan fingerprint density at radius 1 is 1.32 bits per heavy atom. The van der Waals surface area contributed by atoms with E-state index in [2.05, 4.69) is 0 Å². The zero-order valence-electron chi connectivity index (χ0n) is 11.3. The van der Waals surface area contributed by atoms with Crippen LogP contribution >= 0.6 is 0 Å². The summed E-state index contributed by atoms with van der Waals surface area (Å²) in [5, 5.41) is 0. The number of rotatable bonds is 3. The lowest BCUT2D eigenvalue weighted by Crippen LogP contribution is -2.48.